The van der Waals surface area contributed by atoms with Gasteiger partial charge in [-0.05, 0) is 24.2 Å². The summed E-state index contributed by atoms with van der Waals surface area (Å²) in [7, 11) is 3.48. The Hall–Kier alpha value is -0.860. The molecule has 0 unspecified atom stereocenters. The van der Waals surface area contributed by atoms with E-state index in [9.17, 15) is 0 Å². The zero-order valence-corrected chi connectivity index (χ0v) is 17.1. The number of nitrogens with zero attached hydrogens (tertiary/aromatic N) is 2. The third-order valence-corrected chi connectivity index (χ3v) is 3.68. The molecule has 0 saturated carbocycles. The minimum absolute atomic E-state index is 0. The average Bonchev–Trinajstić information content (AvgIpc) is 2.56. The van der Waals surface area contributed by atoms with Crippen LogP contribution in [0.25, 0.3) is 0 Å². The number of nitrogens with one attached hydrogen (secondary N) is 2. The van der Waals surface area contributed by atoms with Gasteiger partial charge < -0.3 is 15.4 Å². The topological polar surface area (TPSA) is 48.9 Å². The molecule has 0 amide bonds. The van der Waals surface area contributed by atoms with Gasteiger partial charge in [0.05, 0.1) is 6.61 Å². The number of ether oxygens (including phenoxy) is 1. The van der Waals surface area contributed by atoms with E-state index in [1.807, 2.05) is 0 Å². The van der Waals surface area contributed by atoms with Gasteiger partial charge in [-0.2, -0.15) is 0 Å². The first-order valence-electron chi connectivity index (χ1n) is 7.97. The second-order valence-corrected chi connectivity index (χ2v) is 5.08. The van der Waals surface area contributed by atoms with E-state index < -0.39 is 0 Å². The summed E-state index contributed by atoms with van der Waals surface area (Å²) in [5.41, 5.74) is 2.68. The lowest BCUT2D eigenvalue weighted by Gasteiger charge is -2.20. The van der Waals surface area contributed by atoms with Gasteiger partial charge in [0, 0.05) is 33.8 Å². The van der Waals surface area contributed by atoms with Crippen LogP contribution in [0.2, 0.25) is 0 Å². The largest absolute Gasteiger partial charge is 0.383 e. The standard InChI is InChI=1S/C17H30N4O.HI/c1-5-21(6-2)14-16-10-8-7-9-15(16)13-20-17(18-3)19-11-12-22-4;/h7-10H,5-6,11-14H2,1-4H3,(H2,18,19,20);1H. The minimum atomic E-state index is 0. The summed E-state index contributed by atoms with van der Waals surface area (Å²) in [6.45, 7) is 9.70. The molecule has 0 saturated heterocycles. The summed E-state index contributed by atoms with van der Waals surface area (Å²) in [5, 5.41) is 6.59. The zero-order chi connectivity index (χ0) is 16.2. The van der Waals surface area contributed by atoms with Gasteiger partial charge in [0.15, 0.2) is 5.96 Å². The lowest BCUT2D eigenvalue weighted by atomic mass is 10.1. The number of hydrogen-bond donors (Lipinski definition) is 2. The molecule has 0 atom stereocenters. The molecule has 0 spiro atoms. The van der Waals surface area contributed by atoms with Crippen molar-refractivity contribution < 1.29 is 4.74 Å². The van der Waals surface area contributed by atoms with E-state index in [4.69, 9.17) is 4.74 Å². The summed E-state index contributed by atoms with van der Waals surface area (Å²) >= 11 is 0. The van der Waals surface area contributed by atoms with Crippen molar-refractivity contribution in [3.05, 3.63) is 35.4 Å². The molecular weight excluding hydrogens is 403 g/mol. The molecule has 0 aromatic heterocycles. The maximum atomic E-state index is 5.04. The minimum Gasteiger partial charge on any atom is -0.383 e. The fourth-order valence-corrected chi connectivity index (χ4v) is 2.24. The van der Waals surface area contributed by atoms with Gasteiger partial charge in [0.2, 0.25) is 0 Å². The van der Waals surface area contributed by atoms with Crippen LogP contribution in [0.1, 0.15) is 25.0 Å². The normalized spacial score (nSPS) is 11.3. The van der Waals surface area contributed by atoms with Gasteiger partial charge in [-0.25, -0.2) is 0 Å². The highest BCUT2D eigenvalue weighted by molar-refractivity contribution is 14.0. The second-order valence-electron chi connectivity index (χ2n) is 5.08. The van der Waals surface area contributed by atoms with E-state index in [2.05, 4.69) is 58.6 Å². The van der Waals surface area contributed by atoms with E-state index in [1.54, 1.807) is 14.2 Å². The van der Waals surface area contributed by atoms with Crippen molar-refractivity contribution in [3.8, 4) is 0 Å². The number of rotatable bonds is 9. The molecule has 1 aromatic rings. The van der Waals surface area contributed by atoms with E-state index in [1.165, 1.54) is 11.1 Å². The Morgan fingerprint density at radius 2 is 1.78 bits per heavy atom. The molecule has 132 valence electrons. The number of halogens is 1. The van der Waals surface area contributed by atoms with Gasteiger partial charge in [0.1, 0.15) is 0 Å². The van der Waals surface area contributed by atoms with Gasteiger partial charge in [0.25, 0.3) is 0 Å². The van der Waals surface area contributed by atoms with Crippen LogP contribution in [0.4, 0.5) is 0 Å². The molecule has 1 aromatic carbocycles. The smallest absolute Gasteiger partial charge is 0.191 e. The number of aliphatic imine (C=N–C) groups is 1. The summed E-state index contributed by atoms with van der Waals surface area (Å²) in [6.07, 6.45) is 0. The van der Waals surface area contributed by atoms with E-state index >= 15 is 0 Å². The lowest BCUT2D eigenvalue weighted by Crippen LogP contribution is -2.38. The zero-order valence-electron chi connectivity index (χ0n) is 14.8. The van der Waals surface area contributed by atoms with E-state index in [0.29, 0.717) is 6.61 Å². The molecule has 0 radical (unpaired) electrons. The maximum absolute atomic E-state index is 5.04. The Labute approximate surface area is 157 Å². The SMILES string of the molecule is CCN(CC)Cc1ccccc1CNC(=NC)NCCOC.I. The van der Waals surface area contributed by atoms with Gasteiger partial charge >= 0.3 is 0 Å². The van der Waals surface area contributed by atoms with Gasteiger partial charge in [-0.1, -0.05) is 38.1 Å². The van der Waals surface area contributed by atoms with Crippen molar-refractivity contribution in [2.45, 2.75) is 26.9 Å². The van der Waals surface area contributed by atoms with Crippen molar-refractivity contribution in [3.63, 3.8) is 0 Å². The number of guanidine groups is 1. The predicted octanol–water partition coefficient (Wildman–Crippen LogP) is 2.46. The highest BCUT2D eigenvalue weighted by Gasteiger charge is 2.06. The van der Waals surface area contributed by atoms with Crippen molar-refractivity contribution in [2.75, 3.05) is 40.4 Å². The van der Waals surface area contributed by atoms with E-state index in [-0.39, 0.29) is 24.0 Å². The molecule has 2 N–H and O–H groups in total. The Morgan fingerprint density at radius 3 is 2.35 bits per heavy atom. The summed E-state index contributed by atoms with van der Waals surface area (Å²) in [4.78, 5) is 6.65. The van der Waals surface area contributed by atoms with Crippen LogP contribution < -0.4 is 10.6 Å². The van der Waals surface area contributed by atoms with Crippen LogP contribution in [0, 0.1) is 0 Å². The fourth-order valence-electron chi connectivity index (χ4n) is 2.24. The molecule has 0 heterocycles. The first-order chi connectivity index (χ1) is 10.7. The molecule has 0 fully saturated rings. The molecule has 0 aliphatic heterocycles. The molecule has 6 heteroatoms. The Kier molecular flexibility index (Phi) is 13.1. The molecular formula is C17H31IN4O. The summed E-state index contributed by atoms with van der Waals surface area (Å²) < 4.78 is 5.04. The first-order valence-corrected chi connectivity index (χ1v) is 7.97. The first kappa shape index (κ1) is 22.1. The average molecular weight is 434 g/mol. The molecule has 1 rings (SSSR count). The van der Waals surface area contributed by atoms with Gasteiger partial charge in [-0.15, -0.1) is 24.0 Å². The van der Waals surface area contributed by atoms with E-state index in [0.717, 1.165) is 38.7 Å². The van der Waals surface area contributed by atoms with Crippen molar-refractivity contribution in [2.24, 2.45) is 4.99 Å². The lowest BCUT2D eigenvalue weighted by molar-refractivity contribution is 0.203. The third kappa shape index (κ3) is 8.53. The summed E-state index contributed by atoms with van der Waals surface area (Å²) in [5.74, 6) is 0.801. The van der Waals surface area contributed by atoms with Crippen molar-refractivity contribution >= 4 is 29.9 Å². The Bertz CT molecular complexity index is 450. The van der Waals surface area contributed by atoms with Gasteiger partial charge in [-0.3, -0.25) is 9.89 Å². The number of methoxy groups -OCH3 is 1. The van der Waals surface area contributed by atoms with Crippen LogP contribution in [-0.4, -0.2) is 51.3 Å². The molecule has 0 aliphatic carbocycles. The molecule has 0 aliphatic rings. The van der Waals surface area contributed by atoms with Crippen molar-refractivity contribution in [1.29, 1.82) is 0 Å². The highest BCUT2D eigenvalue weighted by atomic mass is 127. The van der Waals surface area contributed by atoms with Crippen LogP contribution in [0.3, 0.4) is 0 Å². The molecule has 23 heavy (non-hydrogen) atoms. The van der Waals surface area contributed by atoms with Crippen LogP contribution in [0.15, 0.2) is 29.3 Å². The van der Waals surface area contributed by atoms with Crippen LogP contribution in [0.5, 0.6) is 0 Å². The molecule has 5 nitrogen and oxygen atoms in total. The number of hydrogen-bond acceptors (Lipinski definition) is 3. The highest BCUT2D eigenvalue weighted by Crippen LogP contribution is 2.11. The molecule has 0 bridgehead atoms. The number of benzene rings is 1. The van der Waals surface area contributed by atoms with Crippen LogP contribution >= 0.6 is 24.0 Å². The fraction of sp³-hybridized carbons (Fsp3) is 0.588. The maximum Gasteiger partial charge on any atom is 0.191 e. The Morgan fingerprint density at radius 1 is 1.13 bits per heavy atom. The monoisotopic (exact) mass is 434 g/mol. The Balaban J connectivity index is 0.00000484. The summed E-state index contributed by atoms with van der Waals surface area (Å²) in [6, 6.07) is 8.57. The van der Waals surface area contributed by atoms with Crippen molar-refractivity contribution in [1.82, 2.24) is 15.5 Å². The van der Waals surface area contributed by atoms with Crippen LogP contribution in [-0.2, 0) is 17.8 Å². The third-order valence-electron chi connectivity index (χ3n) is 3.68. The second kappa shape index (κ2) is 13.6. The quantitative estimate of drug-likeness (QED) is 0.271. The predicted molar refractivity (Wildman–Crippen MR) is 109 cm³/mol.